The minimum Gasteiger partial charge on any atom is -0.396 e. The Kier molecular flexibility index (Phi) is 5.65. The van der Waals surface area contributed by atoms with Crippen LogP contribution < -0.4 is 5.32 Å². The summed E-state index contributed by atoms with van der Waals surface area (Å²) in [6.07, 6.45) is 2.03. The van der Waals surface area contributed by atoms with Crippen LogP contribution in [0.3, 0.4) is 0 Å². The van der Waals surface area contributed by atoms with E-state index < -0.39 is 10.8 Å². The topological polar surface area (TPSA) is 105 Å². The summed E-state index contributed by atoms with van der Waals surface area (Å²) in [6, 6.07) is 0.865. The molecule has 0 fully saturated rings. The van der Waals surface area contributed by atoms with Gasteiger partial charge in [0.05, 0.1) is 10.5 Å². The van der Waals surface area contributed by atoms with Crippen LogP contribution in [0.2, 0.25) is 5.15 Å². The van der Waals surface area contributed by atoms with E-state index in [4.69, 9.17) is 16.7 Å². The van der Waals surface area contributed by atoms with E-state index in [9.17, 15) is 14.9 Å². The van der Waals surface area contributed by atoms with Crippen LogP contribution in [0.15, 0.2) is 12.3 Å². The van der Waals surface area contributed by atoms with Crippen LogP contribution in [-0.2, 0) is 0 Å². The van der Waals surface area contributed by atoms with Crippen molar-refractivity contribution in [2.45, 2.75) is 25.8 Å². The molecular formula is C11H14ClN3O4. The van der Waals surface area contributed by atoms with Gasteiger partial charge in [0.1, 0.15) is 11.3 Å². The molecule has 0 aromatic carbocycles. The normalized spacial score (nSPS) is 11.9. The molecule has 1 rings (SSSR count). The molecule has 0 aliphatic carbocycles. The van der Waals surface area contributed by atoms with E-state index in [-0.39, 0.29) is 29.1 Å². The number of halogens is 1. The van der Waals surface area contributed by atoms with Crippen molar-refractivity contribution in [1.29, 1.82) is 0 Å². The maximum atomic E-state index is 11.9. The number of amides is 1. The summed E-state index contributed by atoms with van der Waals surface area (Å²) >= 11 is 5.76. The van der Waals surface area contributed by atoms with Gasteiger partial charge >= 0.3 is 0 Å². The van der Waals surface area contributed by atoms with Gasteiger partial charge in [-0.05, 0) is 12.8 Å². The maximum Gasteiger partial charge on any atom is 0.288 e. The Morgan fingerprint density at radius 2 is 2.37 bits per heavy atom. The summed E-state index contributed by atoms with van der Waals surface area (Å²) < 4.78 is 0. The molecule has 0 bridgehead atoms. The van der Waals surface area contributed by atoms with E-state index in [0.29, 0.717) is 12.8 Å². The molecule has 8 heteroatoms. The molecule has 104 valence electrons. The van der Waals surface area contributed by atoms with Crippen molar-refractivity contribution >= 4 is 23.2 Å². The second kappa shape index (κ2) is 7.01. The first-order valence-corrected chi connectivity index (χ1v) is 6.09. The van der Waals surface area contributed by atoms with Crippen molar-refractivity contribution in [3.63, 3.8) is 0 Å². The number of nitrogens with zero attached hydrogens (tertiary/aromatic N) is 2. The number of hydrogen-bond acceptors (Lipinski definition) is 5. The molecule has 0 radical (unpaired) electrons. The second-order valence-corrected chi connectivity index (χ2v) is 4.24. The van der Waals surface area contributed by atoms with Gasteiger partial charge in [-0.3, -0.25) is 14.9 Å². The largest absolute Gasteiger partial charge is 0.396 e. The van der Waals surface area contributed by atoms with Gasteiger partial charge in [0, 0.05) is 18.7 Å². The molecule has 0 spiro atoms. The summed E-state index contributed by atoms with van der Waals surface area (Å²) in [5.74, 6) is -0.540. The number of carbonyl (C=O) groups is 1. The number of hydrogen-bond donors (Lipinski definition) is 2. The van der Waals surface area contributed by atoms with Crippen molar-refractivity contribution in [1.82, 2.24) is 10.3 Å². The first kappa shape index (κ1) is 15.3. The summed E-state index contributed by atoms with van der Waals surface area (Å²) in [6.45, 7) is 1.80. The van der Waals surface area contributed by atoms with Gasteiger partial charge in [-0.25, -0.2) is 4.98 Å². The van der Waals surface area contributed by atoms with Gasteiger partial charge in [0.15, 0.2) is 0 Å². The Hall–Kier alpha value is -1.73. The highest BCUT2D eigenvalue weighted by atomic mass is 35.5. The molecule has 2 N–H and O–H groups in total. The third-order valence-electron chi connectivity index (χ3n) is 2.59. The van der Waals surface area contributed by atoms with Crippen LogP contribution in [-0.4, -0.2) is 33.6 Å². The lowest BCUT2D eigenvalue weighted by Crippen LogP contribution is -2.35. The van der Waals surface area contributed by atoms with Crippen LogP contribution in [0.5, 0.6) is 0 Å². The van der Waals surface area contributed by atoms with E-state index in [1.165, 1.54) is 0 Å². The van der Waals surface area contributed by atoms with Crippen LogP contribution in [0.25, 0.3) is 0 Å². The maximum absolute atomic E-state index is 11.9. The molecule has 1 heterocycles. The molecule has 0 aliphatic heterocycles. The molecule has 1 amide bonds. The van der Waals surface area contributed by atoms with E-state index in [2.05, 4.69) is 10.3 Å². The monoisotopic (exact) mass is 287 g/mol. The summed E-state index contributed by atoms with van der Waals surface area (Å²) in [5.41, 5.74) is -0.350. The molecule has 0 saturated carbocycles. The fourth-order valence-electron chi connectivity index (χ4n) is 1.49. The highest BCUT2D eigenvalue weighted by molar-refractivity contribution is 6.32. The van der Waals surface area contributed by atoms with E-state index >= 15 is 0 Å². The number of nitro groups is 1. The van der Waals surface area contributed by atoms with Crippen LogP contribution in [0, 0.1) is 10.1 Å². The zero-order chi connectivity index (χ0) is 14.4. The predicted octanol–water partition coefficient (Wildman–Crippen LogP) is 1.53. The average molecular weight is 288 g/mol. The van der Waals surface area contributed by atoms with Crippen LogP contribution >= 0.6 is 11.6 Å². The van der Waals surface area contributed by atoms with Gasteiger partial charge in [0.2, 0.25) is 0 Å². The number of aromatic nitrogens is 1. The molecule has 7 nitrogen and oxygen atoms in total. The Morgan fingerprint density at radius 3 is 2.89 bits per heavy atom. The van der Waals surface area contributed by atoms with Crippen molar-refractivity contribution in [3.05, 3.63) is 33.1 Å². The summed E-state index contributed by atoms with van der Waals surface area (Å²) in [4.78, 5) is 25.5. The molecule has 1 atom stereocenters. The van der Waals surface area contributed by atoms with Gasteiger partial charge in [-0.1, -0.05) is 18.5 Å². The number of aliphatic hydroxyl groups is 1. The van der Waals surface area contributed by atoms with Crippen molar-refractivity contribution in [2.75, 3.05) is 6.61 Å². The highest BCUT2D eigenvalue weighted by Crippen LogP contribution is 2.19. The lowest BCUT2D eigenvalue weighted by atomic mass is 10.1. The van der Waals surface area contributed by atoms with Gasteiger partial charge in [-0.2, -0.15) is 0 Å². The predicted molar refractivity (Wildman–Crippen MR) is 69.1 cm³/mol. The number of pyridine rings is 1. The lowest BCUT2D eigenvalue weighted by molar-refractivity contribution is -0.385. The first-order valence-electron chi connectivity index (χ1n) is 5.71. The van der Waals surface area contributed by atoms with E-state index in [1.807, 2.05) is 6.92 Å². The van der Waals surface area contributed by atoms with E-state index in [1.54, 1.807) is 0 Å². The Balaban J connectivity index is 2.92. The minimum atomic E-state index is -0.648. The smallest absolute Gasteiger partial charge is 0.288 e. The molecule has 0 aliphatic rings. The Bertz CT molecular complexity index is 481. The zero-order valence-corrected chi connectivity index (χ0v) is 11.1. The Morgan fingerprint density at radius 1 is 1.68 bits per heavy atom. The number of aliphatic hydroxyl groups excluding tert-OH is 1. The van der Waals surface area contributed by atoms with Gasteiger partial charge in [-0.15, -0.1) is 0 Å². The molecule has 1 aromatic rings. The standard InChI is InChI=1S/C11H14ClN3O4/c1-2-7(3-4-16)14-11(17)9-5-8(15(18)19)6-13-10(9)12/h5-7,16H,2-4H2,1H3,(H,14,17). The number of carbonyl (C=O) groups excluding carboxylic acids is 1. The fourth-order valence-corrected chi connectivity index (χ4v) is 1.68. The molecular weight excluding hydrogens is 274 g/mol. The van der Waals surface area contributed by atoms with E-state index in [0.717, 1.165) is 12.3 Å². The third-order valence-corrected chi connectivity index (χ3v) is 2.89. The fraction of sp³-hybridized carbons (Fsp3) is 0.455. The molecule has 1 aromatic heterocycles. The summed E-state index contributed by atoms with van der Waals surface area (Å²) in [7, 11) is 0. The third kappa shape index (κ3) is 4.15. The number of nitrogens with one attached hydrogen (secondary N) is 1. The lowest BCUT2D eigenvalue weighted by Gasteiger charge is -2.15. The minimum absolute atomic E-state index is 0.0488. The van der Waals surface area contributed by atoms with Crippen LogP contribution in [0.4, 0.5) is 5.69 Å². The highest BCUT2D eigenvalue weighted by Gasteiger charge is 2.19. The molecule has 1 unspecified atom stereocenters. The molecule has 0 saturated heterocycles. The second-order valence-electron chi connectivity index (χ2n) is 3.88. The zero-order valence-electron chi connectivity index (χ0n) is 10.3. The molecule has 19 heavy (non-hydrogen) atoms. The van der Waals surface area contributed by atoms with Gasteiger partial charge in [0.25, 0.3) is 11.6 Å². The van der Waals surface area contributed by atoms with Gasteiger partial charge < -0.3 is 10.4 Å². The van der Waals surface area contributed by atoms with Crippen molar-refractivity contribution < 1.29 is 14.8 Å². The average Bonchev–Trinajstić information content (AvgIpc) is 2.38. The quantitative estimate of drug-likeness (QED) is 0.469. The Labute approximate surface area is 114 Å². The van der Waals surface area contributed by atoms with Crippen molar-refractivity contribution in [2.24, 2.45) is 0 Å². The SMILES string of the molecule is CCC(CCO)NC(=O)c1cc([N+](=O)[O-])cnc1Cl. The number of rotatable bonds is 6. The van der Waals surface area contributed by atoms with Crippen molar-refractivity contribution in [3.8, 4) is 0 Å². The first-order chi connectivity index (χ1) is 8.99. The van der Waals surface area contributed by atoms with Crippen LogP contribution in [0.1, 0.15) is 30.1 Å². The summed E-state index contributed by atoms with van der Waals surface area (Å²) in [5, 5.41) is 22.0.